The zero-order valence-electron chi connectivity index (χ0n) is 12.2. The summed E-state index contributed by atoms with van der Waals surface area (Å²) in [5, 5.41) is 0. The Morgan fingerprint density at radius 3 is 2.47 bits per heavy atom. The summed E-state index contributed by atoms with van der Waals surface area (Å²) in [6.07, 6.45) is 1.02. The van der Waals surface area contributed by atoms with Gasteiger partial charge in [-0.25, -0.2) is 0 Å². The zero-order valence-corrected chi connectivity index (χ0v) is 13.8. The molecule has 1 aromatic carbocycles. The number of carbonyl (C=O) groups excluding carboxylic acids is 1. The predicted molar refractivity (Wildman–Crippen MR) is 81.8 cm³/mol. The maximum Gasteiger partial charge on any atom is 0.254 e. The molecule has 0 aromatic heterocycles. The summed E-state index contributed by atoms with van der Waals surface area (Å²) in [6, 6.07) is 5.72. The van der Waals surface area contributed by atoms with Gasteiger partial charge < -0.3 is 9.64 Å². The van der Waals surface area contributed by atoms with Crippen molar-refractivity contribution in [3.05, 3.63) is 28.2 Å². The monoisotopic (exact) mass is 327 g/mol. The zero-order chi connectivity index (χ0) is 14.6. The Labute approximate surface area is 124 Å². The quantitative estimate of drug-likeness (QED) is 0.814. The van der Waals surface area contributed by atoms with Crippen molar-refractivity contribution in [3.8, 4) is 5.75 Å². The van der Waals surface area contributed by atoms with Crippen LogP contribution in [-0.2, 0) is 0 Å². The van der Waals surface area contributed by atoms with Crippen LogP contribution < -0.4 is 4.74 Å². The molecule has 1 rings (SSSR count). The lowest BCUT2D eigenvalue weighted by Gasteiger charge is -2.24. The van der Waals surface area contributed by atoms with Crippen LogP contribution in [0.25, 0.3) is 0 Å². The molecule has 1 atom stereocenters. The fourth-order valence-corrected chi connectivity index (χ4v) is 2.18. The highest BCUT2D eigenvalue weighted by molar-refractivity contribution is 9.10. The lowest BCUT2D eigenvalue weighted by Crippen LogP contribution is -2.34. The van der Waals surface area contributed by atoms with Crippen LogP contribution in [0, 0.1) is 0 Å². The Bertz CT molecular complexity index is 446. The second-order valence-electron chi connectivity index (χ2n) is 5.02. The van der Waals surface area contributed by atoms with Crippen molar-refractivity contribution < 1.29 is 9.53 Å². The third kappa shape index (κ3) is 4.53. The minimum absolute atomic E-state index is 0.0178. The molecule has 0 aliphatic rings. The number of nitrogens with zero attached hydrogens (tertiary/aromatic N) is 1. The van der Waals surface area contributed by atoms with Gasteiger partial charge in [0.15, 0.2) is 0 Å². The third-order valence-corrected chi connectivity index (χ3v) is 3.52. The fraction of sp³-hybridized carbons (Fsp3) is 0.533. The Hall–Kier alpha value is -1.03. The Kier molecular flexibility index (Phi) is 5.85. The lowest BCUT2D eigenvalue weighted by molar-refractivity contribution is 0.0739. The molecule has 3 nitrogen and oxygen atoms in total. The molecule has 19 heavy (non-hydrogen) atoms. The average molecular weight is 328 g/mol. The largest absolute Gasteiger partial charge is 0.491 e. The number of hydrogen-bond donors (Lipinski definition) is 0. The SMILES string of the molecule is CC[C@@H](C)N(C)C(=O)c1cc(Br)cc(OC(C)C)c1. The van der Waals surface area contributed by atoms with E-state index >= 15 is 0 Å². The first-order valence-electron chi connectivity index (χ1n) is 6.59. The molecule has 0 saturated carbocycles. The number of benzene rings is 1. The number of ether oxygens (including phenoxy) is 1. The summed E-state index contributed by atoms with van der Waals surface area (Å²) in [4.78, 5) is 14.1. The van der Waals surface area contributed by atoms with Gasteiger partial charge in [-0.15, -0.1) is 0 Å². The van der Waals surface area contributed by atoms with E-state index in [4.69, 9.17) is 4.74 Å². The highest BCUT2D eigenvalue weighted by atomic mass is 79.9. The van der Waals surface area contributed by atoms with Crippen LogP contribution >= 0.6 is 15.9 Å². The summed E-state index contributed by atoms with van der Waals surface area (Å²) in [5.74, 6) is 0.731. The van der Waals surface area contributed by atoms with Gasteiger partial charge in [0.25, 0.3) is 5.91 Å². The molecule has 0 fully saturated rings. The molecule has 0 aliphatic carbocycles. The summed E-state index contributed by atoms with van der Waals surface area (Å²) >= 11 is 3.42. The van der Waals surface area contributed by atoms with Crippen molar-refractivity contribution in [2.24, 2.45) is 0 Å². The number of halogens is 1. The molecule has 1 amide bonds. The van der Waals surface area contributed by atoms with Crippen LogP contribution in [-0.4, -0.2) is 30.0 Å². The minimum atomic E-state index is 0.0178. The molecule has 0 N–H and O–H groups in total. The predicted octanol–water partition coefficient (Wildman–Crippen LogP) is 4.11. The van der Waals surface area contributed by atoms with Crippen molar-refractivity contribution in [2.75, 3.05) is 7.05 Å². The number of rotatable bonds is 5. The van der Waals surface area contributed by atoms with Gasteiger partial charge in [-0.1, -0.05) is 22.9 Å². The van der Waals surface area contributed by atoms with Gasteiger partial charge in [0.1, 0.15) is 5.75 Å². The standard InChI is InChI=1S/C15H22BrNO2/c1-6-11(4)17(5)15(18)12-7-13(16)9-14(8-12)19-10(2)3/h7-11H,6H2,1-5H3/t11-/m1/s1. The summed E-state index contributed by atoms with van der Waals surface area (Å²) in [5.41, 5.74) is 0.646. The van der Waals surface area contributed by atoms with E-state index in [1.54, 1.807) is 11.0 Å². The second kappa shape index (κ2) is 6.94. The first kappa shape index (κ1) is 16.0. The van der Waals surface area contributed by atoms with Crippen LogP contribution in [0.15, 0.2) is 22.7 Å². The molecule has 0 spiro atoms. The minimum Gasteiger partial charge on any atom is -0.491 e. The van der Waals surface area contributed by atoms with Crippen molar-refractivity contribution in [2.45, 2.75) is 46.3 Å². The first-order valence-corrected chi connectivity index (χ1v) is 7.38. The highest BCUT2D eigenvalue weighted by Crippen LogP contribution is 2.23. The number of amides is 1. The topological polar surface area (TPSA) is 29.5 Å². The maximum atomic E-state index is 12.4. The molecule has 106 valence electrons. The van der Waals surface area contributed by atoms with Gasteiger partial charge in [0, 0.05) is 23.1 Å². The highest BCUT2D eigenvalue weighted by Gasteiger charge is 2.17. The van der Waals surface area contributed by atoms with E-state index in [0.29, 0.717) is 11.3 Å². The van der Waals surface area contributed by atoms with Crippen molar-refractivity contribution in [1.82, 2.24) is 4.90 Å². The average Bonchev–Trinajstić information content (AvgIpc) is 2.34. The van der Waals surface area contributed by atoms with Crippen molar-refractivity contribution in [1.29, 1.82) is 0 Å². The van der Waals surface area contributed by atoms with Crippen LogP contribution in [0.2, 0.25) is 0 Å². The van der Waals surface area contributed by atoms with Gasteiger partial charge in [0.2, 0.25) is 0 Å². The van der Waals surface area contributed by atoms with Gasteiger partial charge in [-0.2, -0.15) is 0 Å². The first-order chi connectivity index (χ1) is 8.85. The lowest BCUT2D eigenvalue weighted by atomic mass is 10.1. The van der Waals surface area contributed by atoms with Crippen LogP contribution in [0.5, 0.6) is 5.75 Å². The van der Waals surface area contributed by atoms with E-state index in [0.717, 1.165) is 10.9 Å². The molecular weight excluding hydrogens is 306 g/mol. The third-order valence-electron chi connectivity index (χ3n) is 3.06. The molecule has 4 heteroatoms. The van der Waals surface area contributed by atoms with E-state index in [1.165, 1.54) is 0 Å². The van der Waals surface area contributed by atoms with Gasteiger partial charge >= 0.3 is 0 Å². The summed E-state index contributed by atoms with van der Waals surface area (Å²) in [7, 11) is 1.83. The fourth-order valence-electron chi connectivity index (χ4n) is 1.70. The Balaban J connectivity index is 3.00. The Morgan fingerprint density at radius 2 is 1.95 bits per heavy atom. The van der Waals surface area contributed by atoms with Crippen LogP contribution in [0.4, 0.5) is 0 Å². The van der Waals surface area contributed by atoms with E-state index < -0.39 is 0 Å². The van der Waals surface area contributed by atoms with Gasteiger partial charge in [-0.3, -0.25) is 4.79 Å². The van der Waals surface area contributed by atoms with Crippen molar-refractivity contribution >= 4 is 21.8 Å². The van der Waals surface area contributed by atoms with Crippen molar-refractivity contribution in [3.63, 3.8) is 0 Å². The smallest absolute Gasteiger partial charge is 0.254 e. The molecule has 0 bridgehead atoms. The van der Waals surface area contributed by atoms with E-state index in [-0.39, 0.29) is 18.1 Å². The van der Waals surface area contributed by atoms with Crippen LogP contribution in [0.3, 0.4) is 0 Å². The number of carbonyl (C=O) groups is 1. The second-order valence-corrected chi connectivity index (χ2v) is 5.93. The molecule has 0 saturated heterocycles. The van der Waals surface area contributed by atoms with Gasteiger partial charge in [-0.05, 0) is 45.4 Å². The van der Waals surface area contributed by atoms with E-state index in [2.05, 4.69) is 22.9 Å². The summed E-state index contributed by atoms with van der Waals surface area (Å²) in [6.45, 7) is 8.05. The van der Waals surface area contributed by atoms with Crippen LogP contribution in [0.1, 0.15) is 44.5 Å². The van der Waals surface area contributed by atoms with Gasteiger partial charge in [0.05, 0.1) is 6.10 Å². The normalized spacial score (nSPS) is 12.4. The molecule has 0 radical (unpaired) electrons. The van der Waals surface area contributed by atoms with E-state index in [9.17, 15) is 4.79 Å². The Morgan fingerprint density at radius 1 is 1.32 bits per heavy atom. The molecular formula is C15H22BrNO2. The summed E-state index contributed by atoms with van der Waals surface area (Å²) < 4.78 is 6.50. The molecule has 0 aliphatic heterocycles. The molecule has 0 unspecified atom stereocenters. The number of hydrogen-bond acceptors (Lipinski definition) is 2. The molecule has 1 aromatic rings. The van der Waals surface area contributed by atoms with E-state index in [1.807, 2.05) is 40.0 Å². The maximum absolute atomic E-state index is 12.4. The molecule has 0 heterocycles.